The third-order valence-electron chi connectivity index (χ3n) is 5.62. The van der Waals surface area contributed by atoms with Crippen LogP contribution in [0.25, 0.3) is 11.3 Å². The van der Waals surface area contributed by atoms with Gasteiger partial charge in [0.2, 0.25) is 5.91 Å². The van der Waals surface area contributed by atoms with Crippen LogP contribution < -0.4 is 10.2 Å². The summed E-state index contributed by atoms with van der Waals surface area (Å²) in [6.45, 7) is 4.09. The maximum Gasteiger partial charge on any atom is 0.225 e. The van der Waals surface area contributed by atoms with Crippen molar-refractivity contribution in [2.75, 3.05) is 18.0 Å². The van der Waals surface area contributed by atoms with E-state index in [9.17, 15) is 9.18 Å². The molecule has 6 heteroatoms. The average Bonchev–Trinajstić information content (AvgIpc) is 2.79. The highest BCUT2D eigenvalue weighted by molar-refractivity contribution is 5.79. The minimum absolute atomic E-state index is 0.0682. The summed E-state index contributed by atoms with van der Waals surface area (Å²) in [6, 6.07) is 18.1. The number of nitrogens with zero attached hydrogens (tertiary/aromatic N) is 3. The van der Waals surface area contributed by atoms with Crippen molar-refractivity contribution in [1.29, 1.82) is 0 Å². The fourth-order valence-electron chi connectivity index (χ4n) is 3.80. The SMILES string of the molecule is Cc1ccccc1CNC(=O)[C@H]1CCCN(c2ccc(-c3ccc(F)cc3)nn2)C1. The number of aromatic nitrogens is 2. The first-order chi connectivity index (χ1) is 14.6. The topological polar surface area (TPSA) is 58.1 Å². The van der Waals surface area contributed by atoms with E-state index in [1.807, 2.05) is 30.3 Å². The summed E-state index contributed by atoms with van der Waals surface area (Å²) < 4.78 is 13.1. The molecule has 1 aliphatic rings. The molecule has 4 rings (SSSR count). The number of benzene rings is 2. The predicted molar refractivity (Wildman–Crippen MR) is 115 cm³/mol. The van der Waals surface area contributed by atoms with Gasteiger partial charge < -0.3 is 10.2 Å². The molecule has 154 valence electrons. The Bertz CT molecular complexity index is 1000. The molecule has 2 aromatic carbocycles. The van der Waals surface area contributed by atoms with Crippen LogP contribution in [0.1, 0.15) is 24.0 Å². The lowest BCUT2D eigenvalue weighted by Gasteiger charge is -2.32. The normalized spacial score (nSPS) is 16.3. The maximum absolute atomic E-state index is 13.1. The Labute approximate surface area is 176 Å². The maximum atomic E-state index is 13.1. The van der Waals surface area contributed by atoms with Gasteiger partial charge in [-0.2, -0.15) is 0 Å². The molecule has 30 heavy (non-hydrogen) atoms. The van der Waals surface area contributed by atoms with Crippen LogP contribution in [0.2, 0.25) is 0 Å². The zero-order valence-electron chi connectivity index (χ0n) is 17.0. The van der Waals surface area contributed by atoms with Crippen LogP contribution in [0.3, 0.4) is 0 Å². The van der Waals surface area contributed by atoms with Gasteiger partial charge in [-0.15, -0.1) is 10.2 Å². The van der Waals surface area contributed by atoms with E-state index in [4.69, 9.17) is 0 Å². The molecule has 1 saturated heterocycles. The number of hydrogen-bond acceptors (Lipinski definition) is 4. The average molecular weight is 404 g/mol. The van der Waals surface area contributed by atoms with E-state index in [1.165, 1.54) is 17.7 Å². The zero-order valence-corrected chi connectivity index (χ0v) is 17.0. The number of rotatable bonds is 5. The molecule has 1 aromatic heterocycles. The smallest absolute Gasteiger partial charge is 0.225 e. The number of aryl methyl sites for hydroxylation is 1. The summed E-state index contributed by atoms with van der Waals surface area (Å²) in [7, 11) is 0. The summed E-state index contributed by atoms with van der Waals surface area (Å²) in [4.78, 5) is 14.8. The van der Waals surface area contributed by atoms with Gasteiger partial charge in [-0.3, -0.25) is 4.79 Å². The molecule has 1 fully saturated rings. The van der Waals surface area contributed by atoms with Crippen molar-refractivity contribution < 1.29 is 9.18 Å². The summed E-state index contributed by atoms with van der Waals surface area (Å²) in [6.07, 6.45) is 1.81. The van der Waals surface area contributed by atoms with Crippen molar-refractivity contribution >= 4 is 11.7 Å². The first-order valence-corrected chi connectivity index (χ1v) is 10.3. The molecular weight excluding hydrogens is 379 g/mol. The Morgan fingerprint density at radius 1 is 1.10 bits per heavy atom. The third kappa shape index (κ3) is 4.64. The van der Waals surface area contributed by atoms with Crippen LogP contribution in [0.15, 0.2) is 60.7 Å². The first-order valence-electron chi connectivity index (χ1n) is 10.3. The molecule has 0 unspecified atom stereocenters. The van der Waals surface area contributed by atoms with Gasteiger partial charge in [0.1, 0.15) is 5.82 Å². The Morgan fingerprint density at radius 3 is 2.63 bits per heavy atom. The molecule has 2 heterocycles. The van der Waals surface area contributed by atoms with Crippen LogP contribution in [-0.2, 0) is 11.3 Å². The summed E-state index contributed by atoms with van der Waals surface area (Å²) >= 11 is 0. The minimum Gasteiger partial charge on any atom is -0.354 e. The molecule has 0 bridgehead atoms. The number of nitrogens with one attached hydrogen (secondary N) is 1. The predicted octanol–water partition coefficient (Wildman–Crippen LogP) is 4.12. The number of piperidine rings is 1. The minimum atomic E-state index is -0.275. The van der Waals surface area contributed by atoms with Crippen molar-refractivity contribution in [3.8, 4) is 11.3 Å². The number of carbonyl (C=O) groups excluding carboxylic acids is 1. The number of amides is 1. The van der Waals surface area contributed by atoms with E-state index in [1.54, 1.807) is 12.1 Å². The number of halogens is 1. The lowest BCUT2D eigenvalue weighted by molar-refractivity contribution is -0.125. The Kier molecular flexibility index (Phi) is 6.02. The van der Waals surface area contributed by atoms with Gasteiger partial charge in [0.25, 0.3) is 0 Å². The number of carbonyl (C=O) groups is 1. The molecular formula is C24H25FN4O. The van der Waals surface area contributed by atoms with Crippen LogP contribution >= 0.6 is 0 Å². The van der Waals surface area contributed by atoms with Crippen LogP contribution in [-0.4, -0.2) is 29.2 Å². The van der Waals surface area contributed by atoms with Gasteiger partial charge in [0.05, 0.1) is 11.6 Å². The fraction of sp³-hybridized carbons (Fsp3) is 0.292. The van der Waals surface area contributed by atoms with Crippen molar-refractivity contribution in [3.05, 3.63) is 77.6 Å². The largest absolute Gasteiger partial charge is 0.354 e. The van der Waals surface area contributed by atoms with Gasteiger partial charge in [-0.1, -0.05) is 24.3 Å². The molecule has 1 atom stereocenters. The Balaban J connectivity index is 1.38. The van der Waals surface area contributed by atoms with Gasteiger partial charge in [0, 0.05) is 25.2 Å². The number of anilines is 1. The molecule has 3 aromatic rings. The first kappa shape index (κ1) is 20.0. The second kappa shape index (κ2) is 9.03. The van der Waals surface area contributed by atoms with E-state index in [-0.39, 0.29) is 17.6 Å². The van der Waals surface area contributed by atoms with Crippen LogP contribution in [0.5, 0.6) is 0 Å². The standard InChI is InChI=1S/C24H25FN4O/c1-17-5-2-3-6-19(17)15-26-24(30)20-7-4-14-29(16-20)23-13-12-22(27-28-23)18-8-10-21(25)11-9-18/h2-3,5-6,8-13,20H,4,7,14-16H2,1H3,(H,26,30)/t20-/m0/s1. The molecule has 0 spiro atoms. The zero-order chi connectivity index (χ0) is 20.9. The highest BCUT2D eigenvalue weighted by Crippen LogP contribution is 2.24. The Morgan fingerprint density at radius 2 is 1.90 bits per heavy atom. The highest BCUT2D eigenvalue weighted by Gasteiger charge is 2.26. The van der Waals surface area contributed by atoms with E-state index < -0.39 is 0 Å². The monoisotopic (exact) mass is 404 g/mol. The third-order valence-corrected chi connectivity index (χ3v) is 5.62. The summed E-state index contributed by atoms with van der Waals surface area (Å²) in [5.74, 6) is 0.501. The molecule has 0 aliphatic carbocycles. The molecule has 0 radical (unpaired) electrons. The molecule has 1 amide bonds. The number of hydrogen-bond donors (Lipinski definition) is 1. The van der Waals surface area contributed by atoms with Gasteiger partial charge >= 0.3 is 0 Å². The van der Waals surface area contributed by atoms with Crippen molar-refractivity contribution in [2.45, 2.75) is 26.3 Å². The second-order valence-corrected chi connectivity index (χ2v) is 7.71. The highest BCUT2D eigenvalue weighted by atomic mass is 19.1. The van der Waals surface area contributed by atoms with Crippen LogP contribution in [0.4, 0.5) is 10.2 Å². The van der Waals surface area contributed by atoms with E-state index in [0.717, 1.165) is 36.3 Å². The van der Waals surface area contributed by atoms with Crippen molar-refractivity contribution in [3.63, 3.8) is 0 Å². The molecule has 1 N–H and O–H groups in total. The van der Waals surface area contributed by atoms with Gasteiger partial charge in [-0.25, -0.2) is 4.39 Å². The molecule has 5 nitrogen and oxygen atoms in total. The summed E-state index contributed by atoms with van der Waals surface area (Å²) in [5, 5.41) is 11.7. The van der Waals surface area contributed by atoms with Crippen molar-refractivity contribution in [2.24, 2.45) is 5.92 Å². The molecule has 0 saturated carbocycles. The quantitative estimate of drug-likeness (QED) is 0.695. The lowest BCUT2D eigenvalue weighted by atomic mass is 9.97. The second-order valence-electron chi connectivity index (χ2n) is 7.71. The summed E-state index contributed by atoms with van der Waals surface area (Å²) in [5.41, 5.74) is 3.84. The van der Waals surface area contributed by atoms with Gasteiger partial charge in [0.15, 0.2) is 5.82 Å². The lowest BCUT2D eigenvalue weighted by Crippen LogP contribution is -2.43. The van der Waals surface area contributed by atoms with E-state index >= 15 is 0 Å². The van der Waals surface area contributed by atoms with Crippen LogP contribution in [0, 0.1) is 18.7 Å². The Hall–Kier alpha value is -3.28. The van der Waals surface area contributed by atoms with Gasteiger partial charge in [-0.05, 0) is 67.3 Å². The van der Waals surface area contributed by atoms with E-state index in [2.05, 4.69) is 33.4 Å². The molecule has 1 aliphatic heterocycles. The van der Waals surface area contributed by atoms with Crippen molar-refractivity contribution in [1.82, 2.24) is 15.5 Å². The van der Waals surface area contributed by atoms with E-state index in [0.29, 0.717) is 18.8 Å². The fourth-order valence-corrected chi connectivity index (χ4v) is 3.80.